The molecule has 0 aliphatic heterocycles. The molecule has 1 atom stereocenters. The van der Waals surface area contributed by atoms with E-state index in [9.17, 15) is 4.79 Å². The summed E-state index contributed by atoms with van der Waals surface area (Å²) in [6.45, 7) is 4.34. The van der Waals surface area contributed by atoms with Crippen LogP contribution in [0.5, 0.6) is 0 Å². The molecule has 1 aromatic carbocycles. The Kier molecular flexibility index (Phi) is 5.76. The zero-order valence-electron chi connectivity index (χ0n) is 12.5. The standard InChI is InChI=1S/C18H21NOS/c1-14(2)13-17(15-7-4-3-5-8-15)19-18(20)11-10-16-9-6-12-21-16/h3-12,14,17H,13H2,1-2H3,(H,19,20)/b11-10+/t17-/m0/s1. The summed E-state index contributed by atoms with van der Waals surface area (Å²) >= 11 is 1.62. The van der Waals surface area contributed by atoms with E-state index in [2.05, 4.69) is 31.3 Å². The number of thiophene rings is 1. The predicted molar refractivity (Wildman–Crippen MR) is 90.1 cm³/mol. The van der Waals surface area contributed by atoms with E-state index in [0.717, 1.165) is 16.9 Å². The van der Waals surface area contributed by atoms with Gasteiger partial charge in [-0.3, -0.25) is 4.79 Å². The lowest BCUT2D eigenvalue weighted by atomic mass is 9.97. The molecule has 1 N–H and O–H groups in total. The highest BCUT2D eigenvalue weighted by Gasteiger charge is 2.14. The fourth-order valence-corrected chi connectivity index (χ4v) is 2.82. The summed E-state index contributed by atoms with van der Waals surface area (Å²) in [4.78, 5) is 13.2. The Morgan fingerprint density at radius 1 is 1.19 bits per heavy atom. The van der Waals surface area contributed by atoms with Gasteiger partial charge in [-0.05, 0) is 35.4 Å². The number of nitrogens with one attached hydrogen (secondary N) is 1. The van der Waals surface area contributed by atoms with Crippen LogP contribution in [0, 0.1) is 5.92 Å². The van der Waals surface area contributed by atoms with Crippen LogP contribution in [0.15, 0.2) is 53.9 Å². The average molecular weight is 299 g/mol. The second-order valence-electron chi connectivity index (χ2n) is 5.45. The number of rotatable bonds is 6. The van der Waals surface area contributed by atoms with Crippen molar-refractivity contribution >= 4 is 23.3 Å². The highest BCUT2D eigenvalue weighted by Crippen LogP contribution is 2.21. The van der Waals surface area contributed by atoms with Gasteiger partial charge >= 0.3 is 0 Å². The van der Waals surface area contributed by atoms with Gasteiger partial charge in [-0.15, -0.1) is 11.3 Å². The highest BCUT2D eigenvalue weighted by molar-refractivity contribution is 7.10. The third kappa shape index (κ3) is 5.20. The summed E-state index contributed by atoms with van der Waals surface area (Å²) in [5.41, 5.74) is 1.16. The minimum atomic E-state index is -0.0436. The first-order valence-electron chi connectivity index (χ1n) is 7.22. The molecule has 0 saturated carbocycles. The molecule has 0 bridgehead atoms. The Balaban J connectivity index is 2.03. The van der Waals surface area contributed by atoms with E-state index in [1.807, 2.05) is 41.8 Å². The third-order valence-electron chi connectivity index (χ3n) is 3.17. The largest absolute Gasteiger partial charge is 0.346 e. The van der Waals surface area contributed by atoms with Gasteiger partial charge in [0.25, 0.3) is 0 Å². The van der Waals surface area contributed by atoms with E-state index < -0.39 is 0 Å². The summed E-state index contributed by atoms with van der Waals surface area (Å²) in [6, 6.07) is 14.2. The molecular weight excluding hydrogens is 278 g/mol. The van der Waals surface area contributed by atoms with E-state index in [0.29, 0.717) is 5.92 Å². The van der Waals surface area contributed by atoms with Crippen LogP contribution in [0.1, 0.15) is 36.8 Å². The summed E-state index contributed by atoms with van der Waals surface area (Å²) < 4.78 is 0. The highest BCUT2D eigenvalue weighted by atomic mass is 32.1. The molecule has 0 saturated heterocycles. The van der Waals surface area contributed by atoms with Gasteiger partial charge in [0.1, 0.15) is 0 Å². The predicted octanol–water partition coefficient (Wildman–Crippen LogP) is 4.66. The fraction of sp³-hybridized carbons (Fsp3) is 0.278. The van der Waals surface area contributed by atoms with Crippen molar-refractivity contribution in [3.63, 3.8) is 0 Å². The number of carbonyl (C=O) groups is 1. The van der Waals surface area contributed by atoms with Gasteiger partial charge in [0.15, 0.2) is 0 Å². The number of hydrogen-bond donors (Lipinski definition) is 1. The maximum Gasteiger partial charge on any atom is 0.244 e. The maximum absolute atomic E-state index is 12.1. The van der Waals surface area contributed by atoms with Crippen molar-refractivity contribution in [2.24, 2.45) is 5.92 Å². The molecule has 2 nitrogen and oxygen atoms in total. The molecule has 110 valence electrons. The first kappa shape index (κ1) is 15.5. The topological polar surface area (TPSA) is 29.1 Å². The first-order valence-corrected chi connectivity index (χ1v) is 8.10. The van der Waals surface area contributed by atoms with Crippen LogP contribution in [-0.4, -0.2) is 5.91 Å². The molecule has 2 aromatic rings. The van der Waals surface area contributed by atoms with Crippen molar-refractivity contribution in [2.45, 2.75) is 26.3 Å². The molecule has 3 heteroatoms. The second kappa shape index (κ2) is 7.79. The minimum absolute atomic E-state index is 0.0436. The molecule has 21 heavy (non-hydrogen) atoms. The molecule has 0 aliphatic carbocycles. The Morgan fingerprint density at radius 2 is 1.95 bits per heavy atom. The monoisotopic (exact) mass is 299 g/mol. The number of benzene rings is 1. The normalized spacial score (nSPS) is 12.7. The number of amides is 1. The molecule has 0 aliphatic rings. The maximum atomic E-state index is 12.1. The van der Waals surface area contributed by atoms with Crippen LogP contribution in [0.4, 0.5) is 0 Å². The van der Waals surface area contributed by atoms with Gasteiger partial charge in [-0.25, -0.2) is 0 Å². The molecule has 1 heterocycles. The van der Waals surface area contributed by atoms with Crippen LogP contribution in [0.25, 0.3) is 6.08 Å². The van der Waals surface area contributed by atoms with E-state index in [1.54, 1.807) is 17.4 Å². The summed E-state index contributed by atoms with van der Waals surface area (Å²) in [6.07, 6.45) is 4.40. The lowest BCUT2D eigenvalue weighted by Crippen LogP contribution is -2.27. The van der Waals surface area contributed by atoms with E-state index in [1.165, 1.54) is 0 Å². The number of carbonyl (C=O) groups excluding carboxylic acids is 1. The van der Waals surface area contributed by atoms with Crippen molar-refractivity contribution in [3.05, 3.63) is 64.4 Å². The third-order valence-corrected chi connectivity index (χ3v) is 4.01. The van der Waals surface area contributed by atoms with Gasteiger partial charge in [0.2, 0.25) is 5.91 Å². The molecule has 1 amide bonds. The van der Waals surface area contributed by atoms with Gasteiger partial charge < -0.3 is 5.32 Å². The van der Waals surface area contributed by atoms with Gasteiger partial charge in [-0.2, -0.15) is 0 Å². The van der Waals surface area contributed by atoms with Crippen LogP contribution < -0.4 is 5.32 Å². The summed E-state index contributed by atoms with van der Waals surface area (Å²) in [5, 5.41) is 5.11. The minimum Gasteiger partial charge on any atom is -0.346 e. The van der Waals surface area contributed by atoms with Crippen molar-refractivity contribution < 1.29 is 4.79 Å². The summed E-state index contributed by atoms with van der Waals surface area (Å²) in [5.74, 6) is 0.481. The van der Waals surface area contributed by atoms with E-state index in [4.69, 9.17) is 0 Å². The van der Waals surface area contributed by atoms with Crippen LogP contribution in [-0.2, 0) is 4.79 Å². The zero-order chi connectivity index (χ0) is 15.1. The Morgan fingerprint density at radius 3 is 2.57 bits per heavy atom. The van der Waals surface area contributed by atoms with Crippen LogP contribution in [0.2, 0.25) is 0 Å². The van der Waals surface area contributed by atoms with Crippen LogP contribution in [0.3, 0.4) is 0 Å². The average Bonchev–Trinajstić information content (AvgIpc) is 2.98. The van der Waals surface area contributed by atoms with Gasteiger partial charge in [0.05, 0.1) is 6.04 Å². The van der Waals surface area contributed by atoms with E-state index >= 15 is 0 Å². The number of hydrogen-bond acceptors (Lipinski definition) is 2. The molecule has 0 unspecified atom stereocenters. The lowest BCUT2D eigenvalue weighted by Gasteiger charge is -2.20. The van der Waals surface area contributed by atoms with Crippen LogP contribution >= 0.6 is 11.3 Å². The molecule has 0 fully saturated rings. The van der Waals surface area contributed by atoms with Crippen molar-refractivity contribution in [2.75, 3.05) is 0 Å². The van der Waals surface area contributed by atoms with Crippen molar-refractivity contribution in [3.8, 4) is 0 Å². The second-order valence-corrected chi connectivity index (χ2v) is 6.43. The molecule has 0 spiro atoms. The van der Waals surface area contributed by atoms with Crippen molar-refractivity contribution in [1.82, 2.24) is 5.32 Å². The quantitative estimate of drug-likeness (QED) is 0.772. The smallest absolute Gasteiger partial charge is 0.244 e. The molecule has 1 aromatic heterocycles. The molecule has 0 radical (unpaired) electrons. The molecular formula is C18H21NOS. The summed E-state index contributed by atoms with van der Waals surface area (Å²) in [7, 11) is 0. The Bertz CT molecular complexity index is 573. The zero-order valence-corrected chi connectivity index (χ0v) is 13.3. The van der Waals surface area contributed by atoms with Gasteiger partial charge in [-0.1, -0.05) is 50.2 Å². The van der Waals surface area contributed by atoms with Crippen molar-refractivity contribution in [1.29, 1.82) is 0 Å². The van der Waals surface area contributed by atoms with E-state index in [-0.39, 0.29) is 11.9 Å². The lowest BCUT2D eigenvalue weighted by molar-refractivity contribution is -0.117. The van der Waals surface area contributed by atoms with Gasteiger partial charge in [0, 0.05) is 11.0 Å². The first-order chi connectivity index (χ1) is 10.1. The Hall–Kier alpha value is -1.87. The fourth-order valence-electron chi connectivity index (χ4n) is 2.20. The molecule has 2 rings (SSSR count). The Labute approximate surface area is 130 Å². The SMILES string of the molecule is CC(C)C[C@H](NC(=O)/C=C/c1cccs1)c1ccccc1.